The number of hydrogen-bond acceptors (Lipinski definition) is 3. The number of aryl methyl sites for hydroxylation is 1. The van der Waals surface area contributed by atoms with E-state index in [-0.39, 0.29) is 11.8 Å². The van der Waals surface area contributed by atoms with Crippen LogP contribution < -0.4 is 10.6 Å². The molecule has 2 amide bonds. The lowest BCUT2D eigenvalue weighted by atomic mass is 9.96. The minimum absolute atomic E-state index is 0.0823. The highest BCUT2D eigenvalue weighted by atomic mass is 16.2. The second-order valence-corrected chi connectivity index (χ2v) is 5.20. The molecule has 1 aromatic rings. The lowest BCUT2D eigenvalue weighted by Crippen LogP contribution is -2.57. The van der Waals surface area contributed by atoms with Crippen LogP contribution in [-0.2, 0) is 11.2 Å². The van der Waals surface area contributed by atoms with Crippen LogP contribution in [-0.4, -0.2) is 33.9 Å². The number of imidazole rings is 1. The van der Waals surface area contributed by atoms with Gasteiger partial charge in [-0.25, -0.2) is 4.98 Å². The van der Waals surface area contributed by atoms with Crippen molar-refractivity contribution in [3.63, 3.8) is 0 Å². The molecule has 0 aliphatic heterocycles. The van der Waals surface area contributed by atoms with Crippen LogP contribution >= 0.6 is 0 Å². The molecule has 0 bridgehead atoms. The molecule has 0 spiro atoms. The summed E-state index contributed by atoms with van der Waals surface area (Å²) in [5.41, 5.74) is -0.345. The Morgan fingerprint density at radius 3 is 2.60 bits per heavy atom. The van der Waals surface area contributed by atoms with Gasteiger partial charge in [-0.1, -0.05) is 19.8 Å². The van der Waals surface area contributed by atoms with Crippen molar-refractivity contribution in [2.24, 2.45) is 0 Å². The molecule has 1 heterocycles. The number of carbonyl (C=O) groups excluding carboxylic acids is 2. The van der Waals surface area contributed by atoms with Crippen molar-refractivity contribution in [3.8, 4) is 0 Å². The summed E-state index contributed by atoms with van der Waals surface area (Å²) in [4.78, 5) is 31.6. The zero-order valence-corrected chi connectivity index (χ0v) is 12.1. The van der Waals surface area contributed by atoms with Crippen molar-refractivity contribution >= 4 is 11.8 Å². The Morgan fingerprint density at radius 1 is 1.35 bits per heavy atom. The number of nitrogens with zero attached hydrogens (tertiary/aromatic N) is 1. The van der Waals surface area contributed by atoms with E-state index in [0.717, 1.165) is 25.1 Å². The quantitative estimate of drug-likeness (QED) is 0.755. The van der Waals surface area contributed by atoms with E-state index >= 15 is 0 Å². The van der Waals surface area contributed by atoms with Crippen molar-refractivity contribution in [1.29, 1.82) is 0 Å². The molecule has 110 valence electrons. The lowest BCUT2D eigenvalue weighted by molar-refractivity contribution is -0.127. The summed E-state index contributed by atoms with van der Waals surface area (Å²) in [6.07, 6.45) is 5.57. The number of H-pyrrole nitrogens is 1. The molecule has 6 nitrogen and oxygen atoms in total. The highest BCUT2D eigenvalue weighted by Crippen LogP contribution is 2.30. The molecule has 1 aliphatic carbocycles. The molecule has 20 heavy (non-hydrogen) atoms. The number of hydrogen-bond donors (Lipinski definition) is 3. The molecular weight excluding hydrogens is 256 g/mol. The third-order valence-electron chi connectivity index (χ3n) is 3.79. The fourth-order valence-electron chi connectivity index (χ4n) is 2.66. The maximum Gasteiger partial charge on any atom is 0.270 e. The Bertz CT molecular complexity index is 489. The zero-order valence-electron chi connectivity index (χ0n) is 12.1. The number of amides is 2. The zero-order chi connectivity index (χ0) is 14.6. The molecule has 0 radical (unpaired) electrons. The Labute approximate surface area is 118 Å². The summed E-state index contributed by atoms with van der Waals surface area (Å²) < 4.78 is 0. The maximum absolute atomic E-state index is 12.3. The van der Waals surface area contributed by atoms with E-state index in [1.807, 2.05) is 13.8 Å². The third-order valence-corrected chi connectivity index (χ3v) is 3.79. The van der Waals surface area contributed by atoms with Gasteiger partial charge >= 0.3 is 0 Å². The highest BCUT2D eigenvalue weighted by molar-refractivity contribution is 5.98. The highest BCUT2D eigenvalue weighted by Gasteiger charge is 2.42. The fourth-order valence-corrected chi connectivity index (χ4v) is 2.66. The van der Waals surface area contributed by atoms with Crippen molar-refractivity contribution in [2.45, 2.75) is 51.5 Å². The van der Waals surface area contributed by atoms with Crippen LogP contribution in [0.25, 0.3) is 0 Å². The summed E-state index contributed by atoms with van der Waals surface area (Å²) in [6, 6.07) is 0. The lowest BCUT2D eigenvalue weighted by Gasteiger charge is -2.28. The first-order valence-electron chi connectivity index (χ1n) is 7.26. The summed E-state index contributed by atoms with van der Waals surface area (Å²) >= 11 is 0. The molecule has 1 aliphatic rings. The van der Waals surface area contributed by atoms with Crippen LogP contribution in [0.15, 0.2) is 6.20 Å². The van der Waals surface area contributed by atoms with Gasteiger partial charge in [0.2, 0.25) is 5.91 Å². The molecular formula is C14H22N4O2. The summed E-state index contributed by atoms with van der Waals surface area (Å²) in [5, 5.41) is 5.73. The average Bonchev–Trinajstić information content (AvgIpc) is 3.08. The molecule has 3 N–H and O–H groups in total. The van der Waals surface area contributed by atoms with E-state index in [1.165, 1.54) is 6.20 Å². The number of carbonyl (C=O) groups is 2. The fraction of sp³-hybridized carbons (Fsp3) is 0.643. The Morgan fingerprint density at radius 2 is 2.05 bits per heavy atom. The van der Waals surface area contributed by atoms with Crippen molar-refractivity contribution in [3.05, 3.63) is 17.7 Å². The molecule has 1 fully saturated rings. The molecule has 0 aromatic carbocycles. The number of aromatic amines is 1. The number of aromatic nitrogens is 2. The third kappa shape index (κ3) is 2.84. The van der Waals surface area contributed by atoms with E-state index in [2.05, 4.69) is 20.6 Å². The molecule has 6 heteroatoms. The van der Waals surface area contributed by atoms with Crippen LogP contribution in [0.1, 0.15) is 55.8 Å². The summed E-state index contributed by atoms with van der Waals surface area (Å²) in [7, 11) is 0. The van der Waals surface area contributed by atoms with Crippen molar-refractivity contribution < 1.29 is 9.59 Å². The smallest absolute Gasteiger partial charge is 0.270 e. The van der Waals surface area contributed by atoms with E-state index in [1.54, 1.807) is 0 Å². The molecule has 0 saturated heterocycles. The number of likely N-dealkylation sites (N-methyl/N-ethyl adjacent to an activating group) is 1. The van der Waals surface area contributed by atoms with Gasteiger partial charge in [-0.2, -0.15) is 0 Å². The van der Waals surface area contributed by atoms with Crippen LogP contribution in [0.3, 0.4) is 0 Å². The normalized spacial score (nSPS) is 16.9. The van der Waals surface area contributed by atoms with Gasteiger partial charge in [-0.3, -0.25) is 9.59 Å². The van der Waals surface area contributed by atoms with E-state index in [9.17, 15) is 9.59 Å². The van der Waals surface area contributed by atoms with Gasteiger partial charge in [0, 0.05) is 13.0 Å². The molecule has 0 atom stereocenters. The average molecular weight is 278 g/mol. The van der Waals surface area contributed by atoms with Crippen LogP contribution in [0.4, 0.5) is 0 Å². The van der Waals surface area contributed by atoms with Crippen LogP contribution in [0, 0.1) is 0 Å². The van der Waals surface area contributed by atoms with Gasteiger partial charge in [0.25, 0.3) is 5.91 Å². The second kappa shape index (κ2) is 6.07. The molecule has 1 saturated carbocycles. The topological polar surface area (TPSA) is 86.9 Å². The van der Waals surface area contributed by atoms with Crippen LogP contribution in [0.5, 0.6) is 0 Å². The van der Waals surface area contributed by atoms with Gasteiger partial charge < -0.3 is 15.6 Å². The van der Waals surface area contributed by atoms with Gasteiger partial charge in [0.1, 0.15) is 17.1 Å². The van der Waals surface area contributed by atoms with Crippen molar-refractivity contribution in [2.75, 3.05) is 6.54 Å². The van der Waals surface area contributed by atoms with E-state index < -0.39 is 5.54 Å². The minimum atomic E-state index is -0.759. The number of nitrogens with one attached hydrogen (secondary N) is 3. The molecule has 2 rings (SSSR count). The Balaban J connectivity index is 2.11. The first kappa shape index (κ1) is 14.6. The van der Waals surface area contributed by atoms with Gasteiger partial charge in [0.15, 0.2) is 0 Å². The first-order chi connectivity index (χ1) is 9.61. The predicted molar refractivity (Wildman–Crippen MR) is 75.3 cm³/mol. The molecule has 1 aromatic heterocycles. The maximum atomic E-state index is 12.3. The monoisotopic (exact) mass is 278 g/mol. The summed E-state index contributed by atoms with van der Waals surface area (Å²) in [5.74, 6) is 0.431. The largest absolute Gasteiger partial charge is 0.354 e. The Kier molecular flexibility index (Phi) is 4.42. The van der Waals surface area contributed by atoms with E-state index in [0.29, 0.717) is 25.1 Å². The SMILES string of the molecule is CCNC(=O)C1(NC(=O)c2cnc(CC)[nH]2)CCCC1. The van der Waals surface area contributed by atoms with Crippen LogP contribution in [0.2, 0.25) is 0 Å². The van der Waals surface area contributed by atoms with Gasteiger partial charge in [-0.05, 0) is 19.8 Å². The Hall–Kier alpha value is -1.85. The summed E-state index contributed by atoms with van der Waals surface area (Å²) in [6.45, 7) is 4.42. The minimum Gasteiger partial charge on any atom is -0.354 e. The molecule has 0 unspecified atom stereocenters. The van der Waals surface area contributed by atoms with E-state index in [4.69, 9.17) is 0 Å². The predicted octanol–water partition coefficient (Wildman–Crippen LogP) is 1.15. The van der Waals surface area contributed by atoms with Gasteiger partial charge in [-0.15, -0.1) is 0 Å². The first-order valence-corrected chi connectivity index (χ1v) is 7.26. The number of rotatable bonds is 5. The van der Waals surface area contributed by atoms with Gasteiger partial charge in [0.05, 0.1) is 6.20 Å². The van der Waals surface area contributed by atoms with Crippen molar-refractivity contribution in [1.82, 2.24) is 20.6 Å². The standard InChI is InChI=1S/C14H22N4O2/c1-3-11-16-9-10(17-11)12(19)18-14(7-5-6-8-14)13(20)15-4-2/h9H,3-8H2,1-2H3,(H,15,20)(H,16,17)(H,18,19). The second-order valence-electron chi connectivity index (χ2n) is 5.20.